The minimum absolute atomic E-state index is 0.0796. The molecule has 0 bridgehead atoms. The Morgan fingerprint density at radius 3 is 2.33 bits per heavy atom. The molecule has 70 valence electrons. The average molecular weight is 173 g/mol. The Labute approximate surface area is 72.7 Å². The predicted molar refractivity (Wildman–Crippen MR) is 43.3 cm³/mol. The van der Waals surface area contributed by atoms with Crippen LogP contribution >= 0.6 is 0 Å². The van der Waals surface area contributed by atoms with Gasteiger partial charge in [0, 0.05) is 20.6 Å². The number of rotatable bonds is 5. The van der Waals surface area contributed by atoms with Crippen molar-refractivity contribution in [3.8, 4) is 6.07 Å². The van der Waals surface area contributed by atoms with Gasteiger partial charge in [-0.3, -0.25) is 0 Å². The molecule has 0 rings (SSSR count). The molecule has 4 heteroatoms. The summed E-state index contributed by atoms with van der Waals surface area (Å²) in [6.07, 6.45) is -0.0719. The van der Waals surface area contributed by atoms with Crippen molar-refractivity contribution in [1.82, 2.24) is 0 Å². The molecule has 0 aliphatic rings. The summed E-state index contributed by atoms with van der Waals surface area (Å²) < 4.78 is 9.78. The molecule has 1 atom stereocenters. The van der Waals surface area contributed by atoms with Crippen LogP contribution in [0.3, 0.4) is 0 Å². The lowest BCUT2D eigenvalue weighted by Gasteiger charge is -2.24. The third kappa shape index (κ3) is 4.29. The molecule has 12 heavy (non-hydrogen) atoms. The number of nitriles is 1. The van der Waals surface area contributed by atoms with Gasteiger partial charge in [0.1, 0.15) is 0 Å². The lowest BCUT2D eigenvalue weighted by atomic mass is 9.99. The zero-order valence-corrected chi connectivity index (χ0v) is 7.70. The number of ether oxygens (including phenoxy) is 2. The zero-order valence-electron chi connectivity index (χ0n) is 7.70. The van der Waals surface area contributed by atoms with E-state index in [0.29, 0.717) is 6.42 Å². The average Bonchev–Trinajstić information content (AvgIpc) is 2.00. The van der Waals surface area contributed by atoms with Crippen LogP contribution in [0.5, 0.6) is 0 Å². The highest BCUT2D eigenvalue weighted by molar-refractivity contribution is 4.85. The Balaban J connectivity index is 3.95. The molecule has 0 saturated heterocycles. The molecule has 0 aliphatic carbocycles. The molecule has 0 amide bonds. The number of hydrogen-bond acceptors (Lipinski definition) is 4. The molecule has 0 aromatic rings. The minimum atomic E-state index is -1.04. The van der Waals surface area contributed by atoms with Crippen LogP contribution in [0.25, 0.3) is 0 Å². The first-order chi connectivity index (χ1) is 5.55. The van der Waals surface area contributed by atoms with Crippen molar-refractivity contribution in [2.75, 3.05) is 14.2 Å². The Morgan fingerprint density at radius 1 is 1.50 bits per heavy atom. The first kappa shape index (κ1) is 11.4. The largest absolute Gasteiger partial charge is 0.389 e. The van der Waals surface area contributed by atoms with Gasteiger partial charge >= 0.3 is 0 Å². The molecule has 0 aromatic heterocycles. The molecule has 0 fully saturated rings. The van der Waals surface area contributed by atoms with Crippen molar-refractivity contribution < 1.29 is 14.6 Å². The van der Waals surface area contributed by atoms with E-state index in [-0.39, 0.29) is 6.42 Å². The molecule has 0 heterocycles. The Morgan fingerprint density at radius 2 is 2.00 bits per heavy atom. The van der Waals surface area contributed by atoms with Crippen LogP contribution in [0.2, 0.25) is 0 Å². The van der Waals surface area contributed by atoms with Crippen LogP contribution in [0, 0.1) is 11.3 Å². The van der Waals surface area contributed by atoms with Gasteiger partial charge < -0.3 is 14.6 Å². The standard InChI is InChI=1S/C8H15NO3/c1-8(10,4-5-9)6-7(11-2)12-3/h7,10H,4,6H2,1-3H3. The quantitative estimate of drug-likeness (QED) is 0.620. The first-order valence-electron chi connectivity index (χ1n) is 3.70. The van der Waals surface area contributed by atoms with Gasteiger partial charge in [0.05, 0.1) is 18.1 Å². The van der Waals surface area contributed by atoms with Gasteiger partial charge in [-0.2, -0.15) is 5.26 Å². The molecule has 0 saturated carbocycles. The van der Waals surface area contributed by atoms with Gasteiger partial charge in [-0.1, -0.05) is 0 Å². The molecule has 4 nitrogen and oxygen atoms in total. The third-order valence-electron chi connectivity index (χ3n) is 1.59. The summed E-state index contributed by atoms with van der Waals surface area (Å²) in [5.41, 5.74) is -1.04. The summed E-state index contributed by atoms with van der Waals surface area (Å²) in [4.78, 5) is 0. The Bertz CT molecular complexity index is 158. The van der Waals surface area contributed by atoms with E-state index < -0.39 is 11.9 Å². The maximum absolute atomic E-state index is 9.56. The van der Waals surface area contributed by atoms with Gasteiger partial charge in [-0.25, -0.2) is 0 Å². The zero-order chi connectivity index (χ0) is 9.61. The lowest BCUT2D eigenvalue weighted by molar-refractivity contribution is -0.139. The smallest absolute Gasteiger partial charge is 0.159 e. The number of hydrogen-bond donors (Lipinski definition) is 1. The topological polar surface area (TPSA) is 62.5 Å². The fourth-order valence-electron chi connectivity index (χ4n) is 0.864. The van der Waals surface area contributed by atoms with E-state index in [1.165, 1.54) is 14.2 Å². The summed E-state index contributed by atoms with van der Waals surface area (Å²) in [5.74, 6) is 0. The van der Waals surface area contributed by atoms with E-state index in [4.69, 9.17) is 14.7 Å². The van der Waals surface area contributed by atoms with E-state index in [1.807, 2.05) is 6.07 Å². The van der Waals surface area contributed by atoms with E-state index >= 15 is 0 Å². The van der Waals surface area contributed by atoms with Crippen molar-refractivity contribution in [2.45, 2.75) is 31.7 Å². The normalized spacial score (nSPS) is 15.7. The van der Waals surface area contributed by atoms with Crippen LogP contribution in [0.15, 0.2) is 0 Å². The summed E-state index contributed by atoms with van der Waals surface area (Å²) >= 11 is 0. The predicted octanol–water partition coefficient (Wildman–Crippen LogP) is 0.660. The SMILES string of the molecule is COC(CC(C)(O)CC#N)OC. The molecule has 0 spiro atoms. The Hall–Kier alpha value is -0.630. The van der Waals surface area contributed by atoms with Gasteiger partial charge in [0.2, 0.25) is 0 Å². The van der Waals surface area contributed by atoms with Gasteiger partial charge in [-0.05, 0) is 6.92 Å². The Kier molecular flexibility index (Phi) is 4.83. The van der Waals surface area contributed by atoms with Crippen LogP contribution in [-0.4, -0.2) is 31.2 Å². The highest BCUT2D eigenvalue weighted by atomic mass is 16.7. The fourth-order valence-corrected chi connectivity index (χ4v) is 0.864. The monoisotopic (exact) mass is 173 g/mol. The molecule has 0 radical (unpaired) electrons. The molecule has 0 aromatic carbocycles. The highest BCUT2D eigenvalue weighted by Gasteiger charge is 2.25. The summed E-state index contributed by atoms with van der Waals surface area (Å²) in [7, 11) is 2.99. The van der Waals surface area contributed by atoms with Crippen molar-refractivity contribution >= 4 is 0 Å². The second-order valence-electron chi connectivity index (χ2n) is 2.94. The lowest BCUT2D eigenvalue weighted by Crippen LogP contribution is -2.31. The summed E-state index contributed by atoms with van der Waals surface area (Å²) in [6, 6.07) is 1.90. The second kappa shape index (κ2) is 5.09. The minimum Gasteiger partial charge on any atom is -0.389 e. The molecule has 1 unspecified atom stereocenters. The maximum atomic E-state index is 9.56. The van der Waals surface area contributed by atoms with E-state index in [2.05, 4.69) is 0 Å². The summed E-state index contributed by atoms with van der Waals surface area (Å²) in [5, 5.41) is 17.9. The van der Waals surface area contributed by atoms with E-state index in [1.54, 1.807) is 6.92 Å². The van der Waals surface area contributed by atoms with E-state index in [0.717, 1.165) is 0 Å². The fraction of sp³-hybridized carbons (Fsp3) is 0.875. The van der Waals surface area contributed by atoms with Crippen LogP contribution in [-0.2, 0) is 9.47 Å². The molecular weight excluding hydrogens is 158 g/mol. The maximum Gasteiger partial charge on any atom is 0.159 e. The van der Waals surface area contributed by atoms with Gasteiger partial charge in [0.25, 0.3) is 0 Å². The van der Waals surface area contributed by atoms with Crippen molar-refractivity contribution in [3.63, 3.8) is 0 Å². The van der Waals surface area contributed by atoms with Crippen molar-refractivity contribution in [2.24, 2.45) is 0 Å². The van der Waals surface area contributed by atoms with Crippen molar-refractivity contribution in [3.05, 3.63) is 0 Å². The summed E-state index contributed by atoms with van der Waals surface area (Å²) in [6.45, 7) is 1.58. The molecular formula is C8H15NO3. The van der Waals surface area contributed by atoms with Crippen molar-refractivity contribution in [1.29, 1.82) is 5.26 Å². The van der Waals surface area contributed by atoms with Gasteiger partial charge in [-0.15, -0.1) is 0 Å². The third-order valence-corrected chi connectivity index (χ3v) is 1.59. The van der Waals surface area contributed by atoms with Crippen LogP contribution < -0.4 is 0 Å². The molecule has 1 N–H and O–H groups in total. The van der Waals surface area contributed by atoms with Gasteiger partial charge in [0.15, 0.2) is 6.29 Å². The van der Waals surface area contributed by atoms with Crippen LogP contribution in [0.1, 0.15) is 19.8 Å². The number of nitrogens with zero attached hydrogens (tertiary/aromatic N) is 1. The second-order valence-corrected chi connectivity index (χ2v) is 2.94. The number of methoxy groups -OCH3 is 2. The highest BCUT2D eigenvalue weighted by Crippen LogP contribution is 2.17. The molecule has 0 aliphatic heterocycles. The number of aliphatic hydroxyl groups is 1. The van der Waals surface area contributed by atoms with Crippen LogP contribution in [0.4, 0.5) is 0 Å². The first-order valence-corrected chi connectivity index (χ1v) is 3.70. The van der Waals surface area contributed by atoms with E-state index in [9.17, 15) is 5.11 Å².